The summed E-state index contributed by atoms with van der Waals surface area (Å²) in [6.45, 7) is 0. The molecule has 3 nitrogen and oxygen atoms in total. The van der Waals surface area contributed by atoms with E-state index in [1.54, 1.807) is 24.3 Å². The number of hydrogen-bond acceptors (Lipinski definition) is 2. The molecular weight excluding hydrogens is 332 g/mol. The molecule has 0 saturated carbocycles. The number of carboxylic acids is 1. The quantitative estimate of drug-likeness (QED) is 0.884. The van der Waals surface area contributed by atoms with Crippen molar-refractivity contribution in [1.29, 1.82) is 0 Å². The van der Waals surface area contributed by atoms with Gasteiger partial charge in [-0.3, -0.25) is 0 Å². The Morgan fingerprint density at radius 2 is 1.90 bits per heavy atom. The van der Waals surface area contributed by atoms with E-state index in [1.807, 2.05) is 0 Å². The van der Waals surface area contributed by atoms with Crippen molar-refractivity contribution in [3.05, 3.63) is 64.1 Å². The average molecular weight is 342 g/mol. The van der Waals surface area contributed by atoms with Gasteiger partial charge in [0.2, 0.25) is 0 Å². The highest BCUT2D eigenvalue weighted by molar-refractivity contribution is 9.10. The molecule has 0 saturated heterocycles. The van der Waals surface area contributed by atoms with Gasteiger partial charge in [0.05, 0.1) is 0 Å². The third kappa shape index (κ3) is 3.14. The topological polar surface area (TPSA) is 49.3 Å². The largest absolute Gasteiger partial charge is 0.479 e. The predicted molar refractivity (Wildman–Crippen MR) is 74.5 cm³/mol. The Labute approximate surface area is 122 Å². The highest BCUT2D eigenvalue weighted by Gasteiger charge is 2.24. The van der Waals surface area contributed by atoms with E-state index in [2.05, 4.69) is 21.2 Å². The molecule has 0 aromatic heterocycles. The number of halogens is 3. The van der Waals surface area contributed by atoms with E-state index in [-0.39, 0.29) is 5.56 Å². The minimum Gasteiger partial charge on any atom is -0.479 e. The van der Waals surface area contributed by atoms with Crippen LogP contribution in [0.4, 0.5) is 14.5 Å². The SMILES string of the molecule is O=C(O)C(Nc1ccccc1Br)c1ccc(F)cc1F. The van der Waals surface area contributed by atoms with E-state index in [0.29, 0.717) is 16.2 Å². The van der Waals surface area contributed by atoms with Gasteiger partial charge in [-0.05, 0) is 34.1 Å². The van der Waals surface area contributed by atoms with E-state index in [1.165, 1.54) is 0 Å². The molecule has 0 radical (unpaired) electrons. The van der Waals surface area contributed by atoms with Crippen molar-refractivity contribution < 1.29 is 18.7 Å². The second-order valence-corrected chi connectivity index (χ2v) is 4.92. The third-order valence-electron chi connectivity index (χ3n) is 2.69. The number of carboxylic acid groups (broad SMARTS) is 1. The molecule has 2 aromatic carbocycles. The molecule has 2 rings (SSSR count). The zero-order valence-electron chi connectivity index (χ0n) is 10.1. The fourth-order valence-corrected chi connectivity index (χ4v) is 2.14. The molecule has 1 unspecified atom stereocenters. The molecule has 0 amide bonds. The highest BCUT2D eigenvalue weighted by atomic mass is 79.9. The van der Waals surface area contributed by atoms with Gasteiger partial charge in [0.1, 0.15) is 11.6 Å². The third-order valence-corrected chi connectivity index (χ3v) is 3.39. The van der Waals surface area contributed by atoms with E-state index in [9.17, 15) is 18.7 Å². The first-order valence-electron chi connectivity index (χ1n) is 5.68. The lowest BCUT2D eigenvalue weighted by atomic mass is 10.1. The summed E-state index contributed by atoms with van der Waals surface area (Å²) >= 11 is 3.27. The first-order valence-corrected chi connectivity index (χ1v) is 6.47. The molecule has 2 N–H and O–H groups in total. The number of aliphatic carboxylic acids is 1. The number of hydrogen-bond donors (Lipinski definition) is 2. The average Bonchev–Trinajstić information content (AvgIpc) is 2.38. The van der Waals surface area contributed by atoms with Crippen LogP contribution in [0.15, 0.2) is 46.9 Å². The van der Waals surface area contributed by atoms with Crippen molar-refractivity contribution in [2.45, 2.75) is 6.04 Å². The zero-order chi connectivity index (χ0) is 14.7. The Balaban J connectivity index is 2.37. The molecule has 0 fully saturated rings. The standard InChI is InChI=1S/C14H10BrF2NO2/c15-10-3-1-2-4-12(10)18-13(14(19)20)9-6-5-8(16)7-11(9)17/h1-7,13,18H,(H,19,20). The van der Waals surface area contributed by atoms with E-state index < -0.39 is 23.6 Å². The zero-order valence-corrected chi connectivity index (χ0v) is 11.7. The van der Waals surface area contributed by atoms with Crippen LogP contribution in [0.1, 0.15) is 11.6 Å². The van der Waals surface area contributed by atoms with Crippen LogP contribution in [-0.4, -0.2) is 11.1 Å². The van der Waals surface area contributed by atoms with Crippen molar-refractivity contribution in [2.75, 3.05) is 5.32 Å². The minimum absolute atomic E-state index is 0.130. The van der Waals surface area contributed by atoms with Crippen molar-refractivity contribution in [3.63, 3.8) is 0 Å². The van der Waals surface area contributed by atoms with Crippen molar-refractivity contribution in [2.24, 2.45) is 0 Å². The maximum atomic E-state index is 13.7. The van der Waals surface area contributed by atoms with Gasteiger partial charge >= 0.3 is 5.97 Å². The number of carbonyl (C=O) groups is 1. The van der Waals surface area contributed by atoms with Gasteiger partial charge in [0.25, 0.3) is 0 Å². The number of benzene rings is 2. The Morgan fingerprint density at radius 1 is 1.20 bits per heavy atom. The van der Waals surface area contributed by atoms with E-state index >= 15 is 0 Å². The van der Waals surface area contributed by atoms with Gasteiger partial charge in [-0.15, -0.1) is 0 Å². The maximum absolute atomic E-state index is 13.7. The molecule has 104 valence electrons. The molecule has 0 heterocycles. The number of rotatable bonds is 4. The normalized spacial score (nSPS) is 11.9. The van der Waals surface area contributed by atoms with Gasteiger partial charge in [-0.25, -0.2) is 13.6 Å². The number of nitrogens with one attached hydrogen (secondary N) is 1. The minimum atomic E-state index is -1.31. The Morgan fingerprint density at radius 3 is 2.50 bits per heavy atom. The lowest BCUT2D eigenvalue weighted by Gasteiger charge is -2.17. The summed E-state index contributed by atoms with van der Waals surface area (Å²) in [6.07, 6.45) is 0. The molecular formula is C14H10BrF2NO2. The van der Waals surface area contributed by atoms with Crippen LogP contribution >= 0.6 is 15.9 Å². The summed E-state index contributed by atoms with van der Waals surface area (Å²) in [5, 5.41) is 11.9. The summed E-state index contributed by atoms with van der Waals surface area (Å²) in [5.41, 5.74) is 0.373. The monoisotopic (exact) mass is 341 g/mol. The Hall–Kier alpha value is -1.95. The van der Waals surface area contributed by atoms with Crippen LogP contribution in [0.25, 0.3) is 0 Å². The van der Waals surface area contributed by atoms with E-state index in [0.717, 1.165) is 12.1 Å². The maximum Gasteiger partial charge on any atom is 0.330 e. The smallest absolute Gasteiger partial charge is 0.330 e. The second kappa shape index (κ2) is 6.00. The second-order valence-electron chi connectivity index (χ2n) is 4.06. The van der Waals surface area contributed by atoms with Gasteiger partial charge in [-0.1, -0.05) is 18.2 Å². The number of anilines is 1. The van der Waals surface area contributed by atoms with Crippen molar-refractivity contribution in [3.8, 4) is 0 Å². The van der Waals surface area contributed by atoms with Gasteiger partial charge < -0.3 is 10.4 Å². The first-order chi connectivity index (χ1) is 9.49. The predicted octanol–water partition coefficient (Wildman–Crippen LogP) is 3.97. The highest BCUT2D eigenvalue weighted by Crippen LogP contribution is 2.28. The molecule has 6 heteroatoms. The van der Waals surface area contributed by atoms with Gasteiger partial charge in [0, 0.05) is 21.8 Å². The molecule has 2 aromatic rings. The van der Waals surface area contributed by atoms with Gasteiger partial charge in [0.15, 0.2) is 6.04 Å². The lowest BCUT2D eigenvalue weighted by molar-refractivity contribution is -0.138. The Bertz CT molecular complexity index is 649. The summed E-state index contributed by atoms with van der Waals surface area (Å²) in [5.74, 6) is -2.92. The van der Waals surface area contributed by atoms with Gasteiger partial charge in [-0.2, -0.15) is 0 Å². The van der Waals surface area contributed by atoms with Crippen LogP contribution in [0, 0.1) is 11.6 Å². The molecule has 0 aliphatic carbocycles. The molecule has 0 aliphatic heterocycles. The number of para-hydroxylation sites is 1. The molecule has 0 bridgehead atoms. The Kier molecular flexibility index (Phi) is 4.34. The lowest BCUT2D eigenvalue weighted by Crippen LogP contribution is -2.22. The van der Waals surface area contributed by atoms with Crippen molar-refractivity contribution in [1.82, 2.24) is 0 Å². The van der Waals surface area contributed by atoms with E-state index in [4.69, 9.17) is 0 Å². The molecule has 20 heavy (non-hydrogen) atoms. The molecule has 0 aliphatic rings. The fourth-order valence-electron chi connectivity index (χ4n) is 1.74. The summed E-state index contributed by atoms with van der Waals surface area (Å²) in [4.78, 5) is 11.3. The van der Waals surface area contributed by atoms with Crippen LogP contribution in [0.2, 0.25) is 0 Å². The molecule has 1 atom stereocenters. The van der Waals surface area contributed by atoms with Crippen LogP contribution in [-0.2, 0) is 4.79 Å². The van der Waals surface area contributed by atoms with Crippen molar-refractivity contribution >= 4 is 27.6 Å². The first kappa shape index (κ1) is 14.5. The summed E-state index contributed by atoms with van der Waals surface area (Å²) in [7, 11) is 0. The molecule has 0 spiro atoms. The fraction of sp³-hybridized carbons (Fsp3) is 0.0714. The summed E-state index contributed by atoms with van der Waals surface area (Å²) in [6, 6.07) is 8.35. The summed E-state index contributed by atoms with van der Waals surface area (Å²) < 4.78 is 27.2. The van der Waals surface area contributed by atoms with Crippen LogP contribution < -0.4 is 5.32 Å². The van der Waals surface area contributed by atoms with Crippen LogP contribution in [0.5, 0.6) is 0 Å². The van der Waals surface area contributed by atoms with Crippen LogP contribution in [0.3, 0.4) is 0 Å².